The summed E-state index contributed by atoms with van der Waals surface area (Å²) < 4.78 is 0. The highest BCUT2D eigenvalue weighted by Gasteiger charge is 2.25. The Morgan fingerprint density at radius 1 is 1.38 bits per heavy atom. The molecule has 0 bridgehead atoms. The molecule has 2 aliphatic rings. The number of carbonyl (C=O) groups is 1. The van der Waals surface area contributed by atoms with Gasteiger partial charge in [0.05, 0.1) is 12.1 Å². The highest BCUT2D eigenvalue weighted by atomic mass is 79.9. The van der Waals surface area contributed by atoms with Crippen LogP contribution in [0.15, 0.2) is 30.5 Å². The number of hydrogen-bond donors (Lipinski definition) is 2. The van der Waals surface area contributed by atoms with Crippen molar-refractivity contribution in [1.82, 2.24) is 4.90 Å². The molecular weight excluding hydrogens is 332 g/mol. The van der Waals surface area contributed by atoms with Gasteiger partial charge in [-0.2, -0.15) is 0 Å². The number of phenolic OH excluding ortho intramolecular Hbond substituents is 1. The summed E-state index contributed by atoms with van der Waals surface area (Å²) in [6.45, 7) is 4.02. The maximum absolute atomic E-state index is 11.6. The molecule has 0 radical (unpaired) electrons. The predicted octanol–water partition coefficient (Wildman–Crippen LogP) is 3.09. The van der Waals surface area contributed by atoms with Crippen LogP contribution in [0.3, 0.4) is 0 Å². The van der Waals surface area contributed by atoms with Crippen molar-refractivity contribution >= 4 is 34.1 Å². The standard InChI is InChI=1S/C16H18N2O2.BrH/c1-2-7-18-8-3-4-11(10-18)12-5-6-14(19)16-13(12)9-15(20)17-16;/h3-6,8,19H,2,7,9-10H2,1H3,(H,17,20);1H. The number of aromatic hydroxyl groups is 1. The van der Waals surface area contributed by atoms with Gasteiger partial charge < -0.3 is 15.3 Å². The molecule has 4 nitrogen and oxygen atoms in total. The van der Waals surface area contributed by atoms with Gasteiger partial charge in [-0.3, -0.25) is 4.79 Å². The normalized spacial score (nSPS) is 16.1. The lowest BCUT2D eigenvalue weighted by atomic mass is 9.95. The maximum atomic E-state index is 11.6. The van der Waals surface area contributed by atoms with Gasteiger partial charge in [-0.25, -0.2) is 0 Å². The van der Waals surface area contributed by atoms with E-state index in [2.05, 4.69) is 29.4 Å². The first-order valence-electron chi connectivity index (χ1n) is 6.95. The van der Waals surface area contributed by atoms with Crippen molar-refractivity contribution in [3.8, 4) is 5.75 Å². The molecule has 21 heavy (non-hydrogen) atoms. The first kappa shape index (κ1) is 15.6. The van der Waals surface area contributed by atoms with Crippen LogP contribution >= 0.6 is 17.0 Å². The molecule has 0 atom stereocenters. The molecule has 2 N–H and O–H groups in total. The zero-order valence-corrected chi connectivity index (χ0v) is 13.6. The van der Waals surface area contributed by atoms with Crippen LogP contribution in [0.5, 0.6) is 5.75 Å². The number of nitrogens with zero attached hydrogens (tertiary/aromatic N) is 1. The lowest BCUT2D eigenvalue weighted by molar-refractivity contribution is -0.115. The van der Waals surface area contributed by atoms with Gasteiger partial charge in [0.25, 0.3) is 0 Å². The molecule has 0 saturated carbocycles. The van der Waals surface area contributed by atoms with Gasteiger partial charge in [-0.1, -0.05) is 19.1 Å². The van der Waals surface area contributed by atoms with E-state index in [0.29, 0.717) is 12.1 Å². The van der Waals surface area contributed by atoms with Crippen LogP contribution in [0.1, 0.15) is 24.5 Å². The van der Waals surface area contributed by atoms with Crippen LogP contribution < -0.4 is 5.32 Å². The Kier molecular flexibility index (Phi) is 4.73. The van der Waals surface area contributed by atoms with Crippen LogP contribution in [0, 0.1) is 0 Å². The Morgan fingerprint density at radius 3 is 2.95 bits per heavy atom. The van der Waals surface area contributed by atoms with Crippen molar-refractivity contribution in [2.24, 2.45) is 0 Å². The highest BCUT2D eigenvalue weighted by Crippen LogP contribution is 2.38. The number of halogens is 1. The third-order valence-corrected chi connectivity index (χ3v) is 3.72. The van der Waals surface area contributed by atoms with E-state index in [9.17, 15) is 9.90 Å². The van der Waals surface area contributed by atoms with Gasteiger partial charge in [0.1, 0.15) is 5.75 Å². The van der Waals surface area contributed by atoms with Crippen LogP contribution in [0.25, 0.3) is 5.57 Å². The monoisotopic (exact) mass is 350 g/mol. The second-order valence-electron chi connectivity index (χ2n) is 5.21. The highest BCUT2D eigenvalue weighted by molar-refractivity contribution is 8.93. The molecule has 1 amide bonds. The lowest BCUT2D eigenvalue weighted by Crippen LogP contribution is -2.22. The topological polar surface area (TPSA) is 52.6 Å². The summed E-state index contributed by atoms with van der Waals surface area (Å²) in [7, 11) is 0. The Hall–Kier alpha value is -1.75. The SMILES string of the molecule is Br.CCCN1C=CC=C(c2ccc(O)c3c2CC(=O)N3)C1. The van der Waals surface area contributed by atoms with Gasteiger partial charge in [-0.15, -0.1) is 17.0 Å². The molecule has 0 aliphatic carbocycles. The first-order valence-corrected chi connectivity index (χ1v) is 6.95. The summed E-state index contributed by atoms with van der Waals surface area (Å²) in [5.74, 6) is 0.0899. The van der Waals surface area contributed by atoms with Gasteiger partial charge in [0.2, 0.25) is 5.91 Å². The van der Waals surface area contributed by atoms with E-state index >= 15 is 0 Å². The fraction of sp³-hybridized carbons (Fsp3) is 0.312. The number of allylic oxidation sites excluding steroid dienone is 2. The summed E-state index contributed by atoms with van der Waals surface area (Å²) in [5.41, 5.74) is 3.73. The summed E-state index contributed by atoms with van der Waals surface area (Å²) in [6.07, 6.45) is 7.66. The van der Waals surface area contributed by atoms with Gasteiger partial charge >= 0.3 is 0 Å². The predicted molar refractivity (Wildman–Crippen MR) is 89.7 cm³/mol. The van der Waals surface area contributed by atoms with E-state index in [1.165, 1.54) is 5.57 Å². The third-order valence-electron chi connectivity index (χ3n) is 3.72. The Labute approximate surface area is 134 Å². The lowest BCUT2D eigenvalue weighted by Gasteiger charge is -2.25. The minimum atomic E-state index is -0.0554. The molecule has 0 aromatic heterocycles. The minimum Gasteiger partial charge on any atom is -0.506 e. The second kappa shape index (κ2) is 6.35. The smallest absolute Gasteiger partial charge is 0.229 e. The van der Waals surface area contributed by atoms with Crippen molar-refractivity contribution in [1.29, 1.82) is 0 Å². The third kappa shape index (κ3) is 2.97. The van der Waals surface area contributed by atoms with Gasteiger partial charge in [-0.05, 0) is 41.5 Å². The summed E-state index contributed by atoms with van der Waals surface area (Å²) in [4.78, 5) is 13.9. The molecule has 0 fully saturated rings. The summed E-state index contributed by atoms with van der Waals surface area (Å²) >= 11 is 0. The summed E-state index contributed by atoms with van der Waals surface area (Å²) in [6, 6.07) is 3.56. The molecule has 2 aliphatic heterocycles. The van der Waals surface area contributed by atoms with E-state index in [0.717, 1.165) is 30.6 Å². The molecule has 5 heteroatoms. The number of hydrogen-bond acceptors (Lipinski definition) is 3. The van der Waals surface area contributed by atoms with Gasteiger partial charge in [0.15, 0.2) is 0 Å². The molecule has 1 aromatic rings. The number of fused-ring (bicyclic) bond motifs is 1. The van der Waals surface area contributed by atoms with E-state index in [-0.39, 0.29) is 28.6 Å². The molecule has 3 rings (SSSR count). The van der Waals surface area contributed by atoms with E-state index in [1.807, 2.05) is 12.1 Å². The Morgan fingerprint density at radius 2 is 2.19 bits per heavy atom. The minimum absolute atomic E-state index is 0. The number of anilines is 1. The van der Waals surface area contributed by atoms with Crippen LogP contribution in [0.2, 0.25) is 0 Å². The summed E-state index contributed by atoms with van der Waals surface area (Å²) in [5, 5.41) is 12.6. The van der Waals surface area contributed by atoms with Crippen molar-refractivity contribution in [3.05, 3.63) is 41.6 Å². The number of benzene rings is 1. The average molecular weight is 351 g/mol. The fourth-order valence-corrected chi connectivity index (χ4v) is 2.82. The fourth-order valence-electron chi connectivity index (χ4n) is 2.82. The largest absolute Gasteiger partial charge is 0.506 e. The molecule has 2 heterocycles. The van der Waals surface area contributed by atoms with E-state index in [4.69, 9.17) is 0 Å². The second-order valence-corrected chi connectivity index (χ2v) is 5.21. The zero-order valence-electron chi connectivity index (χ0n) is 11.9. The number of amides is 1. The van der Waals surface area contributed by atoms with Crippen LogP contribution in [0.4, 0.5) is 5.69 Å². The Bertz CT molecular complexity index is 623. The number of phenols is 1. The first-order chi connectivity index (χ1) is 9.69. The average Bonchev–Trinajstić information content (AvgIpc) is 2.82. The maximum Gasteiger partial charge on any atom is 0.229 e. The van der Waals surface area contributed by atoms with E-state index in [1.54, 1.807) is 6.07 Å². The molecule has 1 aromatic carbocycles. The zero-order chi connectivity index (χ0) is 14.1. The van der Waals surface area contributed by atoms with Crippen LogP contribution in [-0.2, 0) is 11.2 Å². The quantitative estimate of drug-likeness (QED) is 0.823. The van der Waals surface area contributed by atoms with Crippen molar-refractivity contribution in [2.45, 2.75) is 19.8 Å². The van der Waals surface area contributed by atoms with Crippen molar-refractivity contribution in [2.75, 3.05) is 18.4 Å². The molecular formula is C16H19BrN2O2. The Balaban J connectivity index is 0.00000161. The number of nitrogens with one attached hydrogen (secondary N) is 1. The molecule has 112 valence electrons. The molecule has 0 spiro atoms. The van der Waals surface area contributed by atoms with Gasteiger partial charge in [0, 0.05) is 13.1 Å². The van der Waals surface area contributed by atoms with Crippen LogP contribution in [-0.4, -0.2) is 29.0 Å². The van der Waals surface area contributed by atoms with E-state index < -0.39 is 0 Å². The number of carbonyl (C=O) groups excluding carboxylic acids is 1. The molecule has 0 saturated heterocycles. The van der Waals surface area contributed by atoms with Crippen molar-refractivity contribution < 1.29 is 9.90 Å². The van der Waals surface area contributed by atoms with Crippen molar-refractivity contribution in [3.63, 3.8) is 0 Å². The molecule has 0 unspecified atom stereocenters. The number of rotatable bonds is 3.